The summed E-state index contributed by atoms with van der Waals surface area (Å²) < 4.78 is 5.27. The van der Waals surface area contributed by atoms with Crippen molar-refractivity contribution < 1.29 is 9.53 Å². The molecule has 0 radical (unpaired) electrons. The van der Waals surface area contributed by atoms with E-state index in [0.29, 0.717) is 18.7 Å². The van der Waals surface area contributed by atoms with E-state index < -0.39 is 0 Å². The number of halogens is 1. The number of nitrogens with two attached hydrogens (primary N) is 1. The Morgan fingerprint density at radius 2 is 1.88 bits per heavy atom. The van der Waals surface area contributed by atoms with Gasteiger partial charge < -0.3 is 15.4 Å². The molecule has 0 saturated heterocycles. The normalized spacial score (nSPS) is 11.3. The van der Waals surface area contributed by atoms with Gasteiger partial charge in [-0.2, -0.15) is 0 Å². The smallest absolute Gasteiger partial charge is 0.254 e. The number of amides is 1. The maximum absolute atomic E-state index is 12.8. The van der Waals surface area contributed by atoms with Gasteiger partial charge >= 0.3 is 0 Å². The third-order valence-electron chi connectivity index (χ3n) is 4.08. The van der Waals surface area contributed by atoms with E-state index in [1.54, 1.807) is 7.11 Å². The third-order valence-corrected chi connectivity index (χ3v) is 4.08. The Morgan fingerprint density at radius 3 is 2.42 bits per heavy atom. The van der Waals surface area contributed by atoms with Gasteiger partial charge in [0.05, 0.1) is 13.2 Å². The van der Waals surface area contributed by atoms with Gasteiger partial charge in [0, 0.05) is 18.7 Å². The molecular weight excluding hydrogens is 324 g/mol. The fraction of sp³-hybridized carbons (Fsp3) is 0.316. The van der Waals surface area contributed by atoms with Crippen LogP contribution in [0.4, 0.5) is 0 Å². The van der Waals surface area contributed by atoms with Gasteiger partial charge in [-0.15, -0.1) is 12.4 Å². The zero-order valence-corrected chi connectivity index (χ0v) is 15.2. The number of carbonyl (C=O) groups is 1. The quantitative estimate of drug-likeness (QED) is 0.863. The first kappa shape index (κ1) is 20.0. The van der Waals surface area contributed by atoms with Crippen LogP contribution in [-0.2, 0) is 6.54 Å². The van der Waals surface area contributed by atoms with Crippen LogP contribution in [0.1, 0.15) is 41.4 Å². The molecule has 0 spiro atoms. The Morgan fingerprint density at radius 1 is 1.21 bits per heavy atom. The zero-order valence-electron chi connectivity index (χ0n) is 14.4. The molecular formula is C19H25ClN2O2. The molecule has 0 aliphatic heterocycles. The van der Waals surface area contributed by atoms with Crippen molar-refractivity contribution in [3.63, 3.8) is 0 Å². The van der Waals surface area contributed by atoms with E-state index in [-0.39, 0.29) is 24.4 Å². The summed E-state index contributed by atoms with van der Waals surface area (Å²) in [6.07, 6.45) is 0. The molecule has 2 N–H and O–H groups in total. The molecule has 0 heterocycles. The number of rotatable bonds is 6. The molecule has 0 bridgehead atoms. The van der Waals surface area contributed by atoms with Crippen molar-refractivity contribution in [1.82, 2.24) is 4.90 Å². The zero-order chi connectivity index (χ0) is 16.8. The lowest BCUT2D eigenvalue weighted by molar-refractivity contribution is 0.0702. The topological polar surface area (TPSA) is 55.6 Å². The van der Waals surface area contributed by atoms with Crippen LogP contribution in [0.5, 0.6) is 5.75 Å². The summed E-state index contributed by atoms with van der Waals surface area (Å²) in [7, 11) is 1.64. The van der Waals surface area contributed by atoms with Crippen LogP contribution in [0, 0.1) is 0 Å². The molecule has 24 heavy (non-hydrogen) atoms. The Labute approximate surface area is 150 Å². The van der Waals surface area contributed by atoms with Crippen molar-refractivity contribution in [1.29, 1.82) is 0 Å². The fourth-order valence-electron chi connectivity index (χ4n) is 2.62. The molecule has 1 amide bonds. The first-order valence-electron chi connectivity index (χ1n) is 7.84. The number of ether oxygens (including phenoxy) is 1. The second-order valence-electron chi connectivity index (χ2n) is 5.44. The molecule has 0 aliphatic rings. The van der Waals surface area contributed by atoms with E-state index in [9.17, 15) is 4.79 Å². The summed E-state index contributed by atoms with van der Waals surface area (Å²) in [5.74, 6) is 0.816. The molecule has 2 aromatic carbocycles. The van der Waals surface area contributed by atoms with Crippen LogP contribution in [0.2, 0.25) is 0 Å². The van der Waals surface area contributed by atoms with E-state index in [2.05, 4.69) is 0 Å². The van der Waals surface area contributed by atoms with Gasteiger partial charge in [0.1, 0.15) is 5.75 Å². The average molecular weight is 349 g/mol. The van der Waals surface area contributed by atoms with Crippen molar-refractivity contribution in [2.24, 2.45) is 5.73 Å². The Kier molecular flexibility index (Phi) is 7.75. The Hall–Kier alpha value is -2.04. The van der Waals surface area contributed by atoms with Crippen LogP contribution < -0.4 is 10.5 Å². The highest BCUT2D eigenvalue weighted by Gasteiger charge is 2.21. The number of methoxy groups -OCH3 is 1. The number of nitrogens with zero attached hydrogens (tertiary/aromatic N) is 1. The molecule has 0 aromatic heterocycles. The SMILES string of the molecule is CCN(C(=O)c1ccc(CN)cc1)C(C)c1cccc(OC)c1.Cl. The number of hydrogen-bond acceptors (Lipinski definition) is 3. The minimum absolute atomic E-state index is 0. The predicted molar refractivity (Wildman–Crippen MR) is 99.7 cm³/mol. The summed E-state index contributed by atoms with van der Waals surface area (Å²) in [5.41, 5.74) is 8.36. The van der Waals surface area contributed by atoms with E-state index in [1.165, 1.54) is 0 Å². The first-order chi connectivity index (χ1) is 11.1. The van der Waals surface area contributed by atoms with Crippen molar-refractivity contribution in [2.75, 3.05) is 13.7 Å². The van der Waals surface area contributed by atoms with Crippen LogP contribution >= 0.6 is 12.4 Å². The second-order valence-corrected chi connectivity index (χ2v) is 5.44. The highest BCUT2D eigenvalue weighted by molar-refractivity contribution is 5.94. The lowest BCUT2D eigenvalue weighted by atomic mass is 10.0. The predicted octanol–water partition coefficient (Wildman–Crippen LogP) is 3.80. The van der Waals surface area contributed by atoms with Gasteiger partial charge in [-0.1, -0.05) is 24.3 Å². The summed E-state index contributed by atoms with van der Waals surface area (Å²) in [4.78, 5) is 14.7. The fourth-order valence-corrected chi connectivity index (χ4v) is 2.62. The van der Waals surface area contributed by atoms with Crippen molar-refractivity contribution >= 4 is 18.3 Å². The highest BCUT2D eigenvalue weighted by atomic mass is 35.5. The van der Waals surface area contributed by atoms with Crippen molar-refractivity contribution in [3.8, 4) is 5.75 Å². The molecule has 1 atom stereocenters. The molecule has 2 aromatic rings. The molecule has 2 rings (SSSR count). The van der Waals surface area contributed by atoms with Gasteiger partial charge in [0.15, 0.2) is 0 Å². The molecule has 0 saturated carbocycles. The van der Waals surface area contributed by atoms with Gasteiger partial charge in [0.2, 0.25) is 0 Å². The van der Waals surface area contributed by atoms with Crippen molar-refractivity contribution in [3.05, 3.63) is 65.2 Å². The third kappa shape index (κ3) is 4.49. The largest absolute Gasteiger partial charge is 0.497 e. The lowest BCUT2D eigenvalue weighted by Gasteiger charge is -2.29. The number of carbonyl (C=O) groups excluding carboxylic acids is 1. The van der Waals surface area contributed by atoms with Crippen LogP contribution in [-0.4, -0.2) is 24.5 Å². The minimum atomic E-state index is -0.0308. The molecule has 130 valence electrons. The molecule has 4 nitrogen and oxygen atoms in total. The van der Waals surface area contributed by atoms with E-state index in [1.807, 2.05) is 67.3 Å². The number of benzene rings is 2. The standard InChI is InChI=1S/C19H24N2O2.ClH/c1-4-21(14(2)17-6-5-7-18(12-17)23-3)19(22)16-10-8-15(13-20)9-11-16;/h5-12,14H,4,13,20H2,1-3H3;1H. The van der Waals surface area contributed by atoms with Crippen LogP contribution in [0.15, 0.2) is 48.5 Å². The summed E-state index contributed by atoms with van der Waals surface area (Å²) in [6, 6.07) is 15.3. The number of hydrogen-bond donors (Lipinski definition) is 1. The second kappa shape index (κ2) is 9.30. The summed E-state index contributed by atoms with van der Waals surface area (Å²) in [5, 5.41) is 0. The van der Waals surface area contributed by atoms with Crippen LogP contribution in [0.3, 0.4) is 0 Å². The monoisotopic (exact) mass is 348 g/mol. The van der Waals surface area contributed by atoms with E-state index >= 15 is 0 Å². The minimum Gasteiger partial charge on any atom is -0.497 e. The van der Waals surface area contributed by atoms with E-state index in [4.69, 9.17) is 10.5 Å². The van der Waals surface area contributed by atoms with Crippen LogP contribution in [0.25, 0.3) is 0 Å². The Balaban J connectivity index is 0.00000288. The van der Waals surface area contributed by atoms with Gasteiger partial charge in [-0.3, -0.25) is 4.79 Å². The molecule has 0 fully saturated rings. The molecule has 0 aliphatic carbocycles. The average Bonchev–Trinajstić information content (AvgIpc) is 2.62. The molecule has 5 heteroatoms. The maximum atomic E-state index is 12.8. The highest BCUT2D eigenvalue weighted by Crippen LogP contribution is 2.25. The Bertz CT molecular complexity index is 659. The van der Waals surface area contributed by atoms with Gasteiger partial charge in [-0.25, -0.2) is 0 Å². The summed E-state index contributed by atoms with van der Waals surface area (Å²) >= 11 is 0. The van der Waals surface area contributed by atoms with Crippen molar-refractivity contribution in [2.45, 2.75) is 26.4 Å². The van der Waals surface area contributed by atoms with E-state index in [0.717, 1.165) is 16.9 Å². The van der Waals surface area contributed by atoms with Gasteiger partial charge in [-0.05, 0) is 49.2 Å². The summed E-state index contributed by atoms with van der Waals surface area (Å²) in [6.45, 7) is 5.13. The lowest BCUT2D eigenvalue weighted by Crippen LogP contribution is -2.33. The first-order valence-corrected chi connectivity index (χ1v) is 7.84. The molecule has 1 unspecified atom stereocenters. The maximum Gasteiger partial charge on any atom is 0.254 e. The van der Waals surface area contributed by atoms with Gasteiger partial charge in [0.25, 0.3) is 5.91 Å².